The van der Waals surface area contributed by atoms with Gasteiger partial charge >= 0.3 is 0 Å². The largest absolute Gasteiger partial charge is 0.382 e. The third-order valence-corrected chi connectivity index (χ3v) is 4.72. The molecule has 0 bridgehead atoms. The molecular formula is C17H22ClN5. The number of aromatic nitrogens is 3. The van der Waals surface area contributed by atoms with Crippen molar-refractivity contribution in [1.82, 2.24) is 19.9 Å². The second-order valence-corrected chi connectivity index (χ2v) is 6.13. The third kappa shape index (κ3) is 2.99. The Hall–Kier alpha value is -1.85. The molecule has 3 heterocycles. The molecule has 0 unspecified atom stereocenters. The normalized spacial score (nSPS) is 15.8. The highest BCUT2D eigenvalue weighted by Crippen LogP contribution is 2.28. The first-order valence-corrected chi connectivity index (χ1v) is 8.02. The van der Waals surface area contributed by atoms with E-state index in [0.717, 1.165) is 47.5 Å². The van der Waals surface area contributed by atoms with Crippen LogP contribution in [0.3, 0.4) is 0 Å². The van der Waals surface area contributed by atoms with E-state index in [1.807, 2.05) is 24.5 Å². The first-order valence-electron chi connectivity index (χ1n) is 8.02. The van der Waals surface area contributed by atoms with Crippen molar-refractivity contribution in [2.24, 2.45) is 5.92 Å². The Morgan fingerprint density at radius 1 is 1.22 bits per heavy atom. The van der Waals surface area contributed by atoms with Gasteiger partial charge < -0.3 is 15.6 Å². The highest BCUT2D eigenvalue weighted by molar-refractivity contribution is 6.06. The van der Waals surface area contributed by atoms with Crippen LogP contribution >= 0.6 is 12.4 Å². The number of aryl methyl sites for hydroxylation is 1. The number of nitrogen functional groups attached to an aromatic ring is 1. The van der Waals surface area contributed by atoms with Gasteiger partial charge in [0.25, 0.3) is 0 Å². The van der Waals surface area contributed by atoms with E-state index in [4.69, 9.17) is 5.73 Å². The number of para-hydroxylation sites is 1. The zero-order valence-electron chi connectivity index (χ0n) is 13.0. The SMILES string of the molecule is Cl.Nc1nc2ccccc2c2c1ncn2CCC1CCNCC1. The van der Waals surface area contributed by atoms with Crippen molar-refractivity contribution in [3.63, 3.8) is 0 Å². The average Bonchev–Trinajstić information content (AvgIpc) is 2.99. The molecule has 1 aliphatic rings. The van der Waals surface area contributed by atoms with Gasteiger partial charge in [0.15, 0.2) is 5.82 Å². The van der Waals surface area contributed by atoms with Gasteiger partial charge in [0.2, 0.25) is 0 Å². The standard InChI is InChI=1S/C17H21N5.ClH/c18-17-15-16(13-3-1-2-4-14(13)21-17)22(11-20-15)10-7-12-5-8-19-9-6-12;/h1-4,11-12,19H,5-10H2,(H2,18,21);1H. The van der Waals surface area contributed by atoms with Crippen LogP contribution in [0.15, 0.2) is 30.6 Å². The van der Waals surface area contributed by atoms with Crippen LogP contribution in [0.2, 0.25) is 0 Å². The maximum atomic E-state index is 6.08. The van der Waals surface area contributed by atoms with Crippen LogP contribution < -0.4 is 11.1 Å². The van der Waals surface area contributed by atoms with Crippen LogP contribution in [-0.2, 0) is 6.54 Å². The maximum Gasteiger partial charge on any atom is 0.152 e. The van der Waals surface area contributed by atoms with E-state index in [2.05, 4.69) is 25.9 Å². The molecule has 3 N–H and O–H groups in total. The number of piperidine rings is 1. The number of hydrogen-bond acceptors (Lipinski definition) is 4. The van der Waals surface area contributed by atoms with Gasteiger partial charge in [0.1, 0.15) is 5.52 Å². The number of imidazole rings is 1. The molecular weight excluding hydrogens is 310 g/mol. The van der Waals surface area contributed by atoms with Crippen LogP contribution in [0.4, 0.5) is 5.82 Å². The van der Waals surface area contributed by atoms with E-state index in [9.17, 15) is 0 Å². The number of nitrogens with zero attached hydrogens (tertiary/aromatic N) is 3. The number of fused-ring (bicyclic) bond motifs is 3. The minimum absolute atomic E-state index is 0. The molecule has 0 aliphatic carbocycles. The lowest BCUT2D eigenvalue weighted by molar-refractivity contribution is 0.339. The lowest BCUT2D eigenvalue weighted by Crippen LogP contribution is -2.28. The summed E-state index contributed by atoms with van der Waals surface area (Å²) in [6.45, 7) is 3.29. The quantitative estimate of drug-likeness (QED) is 0.774. The summed E-state index contributed by atoms with van der Waals surface area (Å²) >= 11 is 0. The van der Waals surface area contributed by atoms with E-state index in [-0.39, 0.29) is 12.4 Å². The molecule has 1 fully saturated rings. The first-order chi connectivity index (χ1) is 10.8. The second-order valence-electron chi connectivity index (χ2n) is 6.13. The average molecular weight is 332 g/mol. The number of benzene rings is 1. The number of rotatable bonds is 3. The molecule has 0 atom stereocenters. The minimum Gasteiger partial charge on any atom is -0.382 e. The summed E-state index contributed by atoms with van der Waals surface area (Å²) in [7, 11) is 0. The number of nitrogens with one attached hydrogen (secondary N) is 1. The molecule has 1 aromatic carbocycles. The first kappa shape index (κ1) is 16.0. The van der Waals surface area contributed by atoms with Crippen molar-refractivity contribution in [3.8, 4) is 0 Å². The summed E-state index contributed by atoms with van der Waals surface area (Å²) in [4.78, 5) is 8.96. The van der Waals surface area contributed by atoms with Crippen LogP contribution in [0.25, 0.3) is 21.9 Å². The van der Waals surface area contributed by atoms with Crippen LogP contribution in [-0.4, -0.2) is 27.6 Å². The minimum atomic E-state index is 0. The summed E-state index contributed by atoms with van der Waals surface area (Å²) in [5.74, 6) is 1.33. The van der Waals surface area contributed by atoms with Crippen molar-refractivity contribution in [2.45, 2.75) is 25.8 Å². The number of anilines is 1. The third-order valence-electron chi connectivity index (χ3n) is 4.72. The molecule has 122 valence electrons. The van der Waals surface area contributed by atoms with Gasteiger partial charge in [-0.05, 0) is 44.3 Å². The van der Waals surface area contributed by atoms with Crippen LogP contribution in [0.5, 0.6) is 0 Å². The molecule has 0 saturated carbocycles. The molecule has 3 aromatic rings. The Balaban J connectivity index is 0.00000156. The van der Waals surface area contributed by atoms with Gasteiger partial charge in [0.05, 0.1) is 17.4 Å². The van der Waals surface area contributed by atoms with Crippen LogP contribution in [0, 0.1) is 5.92 Å². The lowest BCUT2D eigenvalue weighted by atomic mass is 9.95. The monoisotopic (exact) mass is 331 g/mol. The van der Waals surface area contributed by atoms with E-state index in [0.29, 0.717) is 5.82 Å². The van der Waals surface area contributed by atoms with Crippen molar-refractivity contribution >= 4 is 40.2 Å². The molecule has 5 nitrogen and oxygen atoms in total. The summed E-state index contributed by atoms with van der Waals surface area (Å²) < 4.78 is 2.25. The van der Waals surface area contributed by atoms with E-state index < -0.39 is 0 Å². The Morgan fingerprint density at radius 3 is 2.83 bits per heavy atom. The fourth-order valence-electron chi connectivity index (χ4n) is 3.47. The van der Waals surface area contributed by atoms with E-state index in [1.165, 1.54) is 19.3 Å². The zero-order chi connectivity index (χ0) is 14.9. The van der Waals surface area contributed by atoms with E-state index in [1.54, 1.807) is 0 Å². The summed E-state index contributed by atoms with van der Waals surface area (Å²) in [6.07, 6.45) is 5.66. The van der Waals surface area contributed by atoms with Crippen molar-refractivity contribution in [3.05, 3.63) is 30.6 Å². The second kappa shape index (κ2) is 6.72. The summed E-state index contributed by atoms with van der Waals surface area (Å²) in [5, 5.41) is 4.56. The Morgan fingerprint density at radius 2 is 2.00 bits per heavy atom. The lowest BCUT2D eigenvalue weighted by Gasteiger charge is -2.22. The molecule has 1 aliphatic heterocycles. The van der Waals surface area contributed by atoms with Gasteiger partial charge in [-0.25, -0.2) is 9.97 Å². The molecule has 0 spiro atoms. The van der Waals surface area contributed by atoms with Crippen molar-refractivity contribution in [2.75, 3.05) is 18.8 Å². The Labute approximate surface area is 141 Å². The van der Waals surface area contributed by atoms with Crippen molar-refractivity contribution in [1.29, 1.82) is 0 Å². The predicted molar refractivity (Wildman–Crippen MR) is 96.9 cm³/mol. The van der Waals surface area contributed by atoms with Crippen molar-refractivity contribution < 1.29 is 0 Å². The van der Waals surface area contributed by atoms with Gasteiger partial charge in [-0.1, -0.05) is 18.2 Å². The molecule has 0 amide bonds. The predicted octanol–water partition coefficient (Wildman–Crippen LogP) is 2.98. The van der Waals surface area contributed by atoms with Gasteiger partial charge in [-0.2, -0.15) is 0 Å². The Kier molecular flexibility index (Phi) is 4.68. The molecule has 6 heteroatoms. The Bertz CT molecular complexity index is 807. The summed E-state index contributed by atoms with van der Waals surface area (Å²) in [6, 6.07) is 8.15. The van der Waals surface area contributed by atoms with E-state index >= 15 is 0 Å². The summed E-state index contributed by atoms with van der Waals surface area (Å²) in [5.41, 5.74) is 8.97. The van der Waals surface area contributed by atoms with Gasteiger partial charge in [0, 0.05) is 11.9 Å². The zero-order valence-corrected chi connectivity index (χ0v) is 13.9. The topological polar surface area (TPSA) is 68.8 Å². The molecule has 1 saturated heterocycles. The maximum absolute atomic E-state index is 6.08. The van der Waals surface area contributed by atoms with Crippen LogP contribution in [0.1, 0.15) is 19.3 Å². The fraction of sp³-hybridized carbons (Fsp3) is 0.412. The van der Waals surface area contributed by atoms with Gasteiger partial charge in [-0.3, -0.25) is 0 Å². The molecule has 23 heavy (non-hydrogen) atoms. The van der Waals surface area contributed by atoms with Gasteiger partial charge in [-0.15, -0.1) is 12.4 Å². The number of hydrogen-bond donors (Lipinski definition) is 2. The number of halogens is 1. The number of pyridine rings is 1. The molecule has 2 aromatic heterocycles. The fourth-order valence-corrected chi connectivity index (χ4v) is 3.47. The highest BCUT2D eigenvalue weighted by atomic mass is 35.5. The molecule has 4 rings (SSSR count). The highest BCUT2D eigenvalue weighted by Gasteiger charge is 2.15. The number of nitrogens with two attached hydrogens (primary N) is 1. The smallest absolute Gasteiger partial charge is 0.152 e. The molecule has 0 radical (unpaired) electrons.